The Morgan fingerprint density at radius 1 is 0.952 bits per heavy atom. The van der Waals surface area contributed by atoms with Gasteiger partial charge in [-0.25, -0.2) is 15.0 Å². The summed E-state index contributed by atoms with van der Waals surface area (Å²) in [6, 6.07) is 0. The molecule has 17 heteroatoms. The number of fused-ring (bicyclic) bond motifs is 8. The first-order valence-corrected chi connectivity index (χ1v) is 21.4. The van der Waals surface area contributed by atoms with Gasteiger partial charge in [0.1, 0.15) is 54.8 Å². The maximum atomic E-state index is 13.6. The Labute approximate surface area is 368 Å². The van der Waals surface area contributed by atoms with Crippen LogP contribution in [0.15, 0.2) is 50.4 Å². The summed E-state index contributed by atoms with van der Waals surface area (Å²) in [7, 11) is 4.68. The van der Waals surface area contributed by atoms with E-state index in [9.17, 15) is 28.8 Å². The first-order valence-electron chi connectivity index (χ1n) is 21.4. The lowest BCUT2D eigenvalue weighted by Crippen LogP contribution is -2.39. The van der Waals surface area contributed by atoms with Gasteiger partial charge in [-0.15, -0.1) is 0 Å². The number of hydrogen-bond acceptors (Lipinski definition) is 16. The van der Waals surface area contributed by atoms with Crippen molar-refractivity contribution < 1.29 is 61.0 Å². The predicted molar refractivity (Wildman–Crippen MR) is 228 cm³/mol. The molecule has 1 aliphatic rings. The molecule has 0 saturated heterocycles. The summed E-state index contributed by atoms with van der Waals surface area (Å²) in [5.74, 6) is -2.90. The molecule has 3 aromatic rings. The van der Waals surface area contributed by atoms with Crippen molar-refractivity contribution in [3.63, 3.8) is 0 Å². The molecule has 344 valence electrons. The van der Waals surface area contributed by atoms with E-state index in [0.717, 1.165) is 0 Å². The van der Waals surface area contributed by atoms with Crippen molar-refractivity contribution in [1.82, 2.24) is 19.9 Å². The molecule has 0 N–H and O–H groups in total. The van der Waals surface area contributed by atoms with E-state index < -0.39 is 54.6 Å². The number of cyclic esters (lactones) is 1. The van der Waals surface area contributed by atoms with Crippen LogP contribution in [0.4, 0.5) is 0 Å². The second-order valence-electron chi connectivity index (χ2n) is 16.5. The monoisotopic (exact) mass is 878 g/mol. The summed E-state index contributed by atoms with van der Waals surface area (Å²) < 4.78 is 40.5. The van der Waals surface area contributed by atoms with E-state index in [2.05, 4.69) is 15.0 Å². The minimum Gasteiger partial charge on any atom is -0.462 e. The quantitative estimate of drug-likeness (QED) is 0.0827. The van der Waals surface area contributed by atoms with E-state index >= 15 is 0 Å². The molecule has 0 radical (unpaired) electrons. The number of rotatable bonds is 15. The second kappa shape index (κ2) is 24.3. The lowest BCUT2D eigenvalue weighted by Gasteiger charge is -2.33. The van der Waals surface area contributed by atoms with Gasteiger partial charge in [0.2, 0.25) is 24.1 Å². The standard InChI is InChI=1S/C46H62N4O13/c1-27(16-17-38(55)30(4)44(62-32(6)52)28(2)18-19-50(7)26-51)40(58-9)22-41-31(5)39(57-8)14-11-15-42-47-36(24-59-42)45-49-37(25-61-45)46-48-35(23-60-46)29(3)20-33(53)12-10-13-34(54)21-43(56)63-41/h11,15,18-19,23-31,39-41,44H,10,12-14,16-17,20-22H2,1-9H3/b15-11+,19-18+/t27-,28+,29-,30-,31+,39-,40-,41-,44+/m0/s1. The van der Waals surface area contributed by atoms with Gasteiger partial charge in [-0.3, -0.25) is 28.8 Å². The van der Waals surface area contributed by atoms with Crippen LogP contribution in [0.2, 0.25) is 0 Å². The van der Waals surface area contributed by atoms with Crippen LogP contribution in [0, 0.1) is 23.7 Å². The fourth-order valence-corrected chi connectivity index (χ4v) is 7.54. The Morgan fingerprint density at radius 2 is 1.63 bits per heavy atom. The number of methoxy groups -OCH3 is 2. The summed E-state index contributed by atoms with van der Waals surface area (Å²) in [5.41, 5.74) is 1.26. The van der Waals surface area contributed by atoms with Gasteiger partial charge in [-0.2, -0.15) is 0 Å². The number of oxazole rings is 3. The molecular formula is C46H62N4O13. The van der Waals surface area contributed by atoms with Gasteiger partial charge in [0.25, 0.3) is 0 Å². The molecule has 0 unspecified atom stereocenters. The molecule has 1 amide bonds. The SMILES string of the molecule is CO[C@H]1C/C=C/c2nc(co2)-c2nc(co2)-c2nc(co2)[C@@H](C)CC(=O)CCCC(=O)CC(=O)O[C@@H](C[C@H](OC)[C@@H](C)CCC(=O)[C@H](C)[C@H](OC(C)=O)[C@H](C)/C=C/N(C)C=O)[C@@H]1C. The molecule has 4 heterocycles. The van der Waals surface area contributed by atoms with Crippen molar-refractivity contribution in [3.05, 3.63) is 48.7 Å². The third-order valence-electron chi connectivity index (χ3n) is 11.5. The molecule has 4 rings (SSSR count). The largest absolute Gasteiger partial charge is 0.462 e. The molecule has 17 nitrogen and oxygen atoms in total. The number of Topliss-reactive ketones (excluding diaryl/α,β-unsaturated/α-hetero) is 3. The fraction of sp³-hybridized carbons (Fsp3) is 0.587. The number of ketones is 3. The Balaban J connectivity index is 1.51. The number of hydrogen-bond donors (Lipinski definition) is 0. The van der Waals surface area contributed by atoms with Crippen molar-refractivity contribution >= 4 is 41.8 Å². The maximum Gasteiger partial charge on any atom is 0.313 e. The van der Waals surface area contributed by atoms with Crippen molar-refractivity contribution in [2.75, 3.05) is 21.3 Å². The average molecular weight is 879 g/mol. The average Bonchev–Trinajstić information content (AvgIpc) is 4.05. The van der Waals surface area contributed by atoms with E-state index in [0.29, 0.717) is 36.3 Å². The number of carbonyl (C=O) groups is 6. The highest BCUT2D eigenvalue weighted by Crippen LogP contribution is 2.31. The minimum absolute atomic E-state index is 0.0271. The number of amides is 1. The van der Waals surface area contributed by atoms with Crippen molar-refractivity contribution in [1.29, 1.82) is 0 Å². The highest BCUT2D eigenvalue weighted by Gasteiger charge is 2.35. The van der Waals surface area contributed by atoms with Crippen molar-refractivity contribution in [3.8, 4) is 23.2 Å². The van der Waals surface area contributed by atoms with Gasteiger partial charge in [-0.1, -0.05) is 46.8 Å². The first-order chi connectivity index (χ1) is 30.0. The third kappa shape index (κ3) is 15.1. The molecule has 3 aromatic heterocycles. The van der Waals surface area contributed by atoms with Gasteiger partial charge in [0.05, 0.1) is 23.8 Å². The minimum atomic E-state index is -0.766. The topological polar surface area (TPSA) is 221 Å². The van der Waals surface area contributed by atoms with E-state index in [-0.39, 0.29) is 91.3 Å². The van der Waals surface area contributed by atoms with E-state index in [1.807, 2.05) is 33.8 Å². The van der Waals surface area contributed by atoms with E-state index in [4.69, 9.17) is 32.2 Å². The number of nitrogens with zero attached hydrogens (tertiary/aromatic N) is 4. The van der Waals surface area contributed by atoms with Gasteiger partial charge in [0, 0.05) is 84.2 Å². The summed E-state index contributed by atoms with van der Waals surface area (Å²) in [5, 5.41) is 0. The molecule has 6 bridgehead atoms. The molecule has 63 heavy (non-hydrogen) atoms. The van der Waals surface area contributed by atoms with Crippen molar-refractivity contribution in [2.24, 2.45) is 23.7 Å². The van der Waals surface area contributed by atoms with Gasteiger partial charge in [-0.05, 0) is 31.3 Å². The molecule has 1 aliphatic heterocycles. The van der Waals surface area contributed by atoms with Gasteiger partial charge >= 0.3 is 11.9 Å². The lowest BCUT2D eigenvalue weighted by molar-refractivity contribution is -0.159. The smallest absolute Gasteiger partial charge is 0.313 e. The molecule has 0 saturated carbocycles. The Hall–Kier alpha value is -5.55. The number of aromatic nitrogens is 3. The molecule has 0 aromatic carbocycles. The summed E-state index contributed by atoms with van der Waals surface area (Å²) in [6.07, 6.45) is 10.6. The summed E-state index contributed by atoms with van der Waals surface area (Å²) >= 11 is 0. The van der Waals surface area contributed by atoms with Crippen LogP contribution >= 0.6 is 0 Å². The zero-order valence-corrected chi connectivity index (χ0v) is 37.8. The highest BCUT2D eigenvalue weighted by atomic mass is 16.6. The first kappa shape index (κ1) is 50.1. The van der Waals surface area contributed by atoms with Gasteiger partial charge < -0.3 is 37.1 Å². The van der Waals surface area contributed by atoms with Crippen LogP contribution in [0.5, 0.6) is 0 Å². The fourth-order valence-electron chi connectivity index (χ4n) is 7.54. The second-order valence-corrected chi connectivity index (χ2v) is 16.5. The highest BCUT2D eigenvalue weighted by molar-refractivity contribution is 5.95. The van der Waals surface area contributed by atoms with E-state index in [1.165, 1.54) is 30.6 Å². The lowest BCUT2D eigenvalue weighted by atomic mass is 9.84. The Morgan fingerprint density at radius 3 is 2.33 bits per heavy atom. The normalized spacial score (nSPS) is 22.5. The number of esters is 2. The Kier molecular flexibility index (Phi) is 19.4. The zero-order chi connectivity index (χ0) is 46.2. The predicted octanol–water partition coefficient (Wildman–Crippen LogP) is 7.35. The molecule has 9 atom stereocenters. The van der Waals surface area contributed by atoms with Crippen molar-refractivity contribution in [2.45, 2.75) is 130 Å². The third-order valence-corrected chi connectivity index (χ3v) is 11.5. The van der Waals surface area contributed by atoms with Crippen LogP contribution in [0.25, 0.3) is 29.2 Å². The Bertz CT molecular complexity index is 2050. The number of carbonyl (C=O) groups excluding carboxylic acids is 6. The molecular weight excluding hydrogens is 817 g/mol. The summed E-state index contributed by atoms with van der Waals surface area (Å²) in [4.78, 5) is 90.7. The molecule has 0 fully saturated rings. The number of ether oxygens (including phenoxy) is 4. The molecule has 0 aliphatic carbocycles. The van der Waals surface area contributed by atoms with Gasteiger partial charge in [0.15, 0.2) is 11.4 Å². The van der Waals surface area contributed by atoms with Crippen LogP contribution in [-0.4, -0.2) is 101 Å². The maximum absolute atomic E-state index is 13.6. The van der Waals surface area contributed by atoms with Crippen LogP contribution in [-0.2, 0) is 47.7 Å². The van der Waals surface area contributed by atoms with E-state index in [1.54, 1.807) is 46.5 Å². The van der Waals surface area contributed by atoms with Crippen LogP contribution in [0.1, 0.15) is 117 Å². The van der Waals surface area contributed by atoms with Crippen LogP contribution in [0.3, 0.4) is 0 Å². The molecule has 0 spiro atoms. The van der Waals surface area contributed by atoms with Crippen LogP contribution < -0.4 is 0 Å². The summed E-state index contributed by atoms with van der Waals surface area (Å²) in [6.45, 7) is 10.5. The zero-order valence-electron chi connectivity index (χ0n) is 37.8.